The maximum Gasteiger partial charge on any atom is 2.00 e. The zero-order valence-electron chi connectivity index (χ0n) is 15.4. The van der Waals surface area contributed by atoms with Crippen molar-refractivity contribution in [2.75, 3.05) is 0 Å². The predicted molar refractivity (Wildman–Crippen MR) is 113 cm³/mol. The fourth-order valence-corrected chi connectivity index (χ4v) is 3.92. The van der Waals surface area contributed by atoms with Gasteiger partial charge in [0.2, 0.25) is 0 Å². The van der Waals surface area contributed by atoms with Crippen molar-refractivity contribution in [2.24, 2.45) is 0 Å². The molecule has 3 heteroatoms. The molecule has 0 nitrogen and oxygen atoms in total. The molecule has 0 N–H and O–H groups in total. The van der Waals surface area contributed by atoms with Crippen LogP contribution in [-0.2, 0) is 32.6 Å². The van der Waals surface area contributed by atoms with Gasteiger partial charge in [0.15, 0.2) is 0 Å². The number of alkyl halides is 2. The summed E-state index contributed by atoms with van der Waals surface area (Å²) in [4.78, 5) is 0. The molecule has 27 heavy (non-hydrogen) atoms. The van der Waals surface area contributed by atoms with Crippen LogP contribution in [-0.4, -0.2) is 4.33 Å². The third-order valence-electron chi connectivity index (χ3n) is 4.76. The van der Waals surface area contributed by atoms with Gasteiger partial charge in [-0.1, -0.05) is 54.7 Å². The molecule has 0 atom stereocenters. The van der Waals surface area contributed by atoms with Crippen LogP contribution in [0.2, 0.25) is 0 Å². The van der Waals surface area contributed by atoms with E-state index in [0.29, 0.717) is 0 Å². The summed E-state index contributed by atoms with van der Waals surface area (Å²) in [6, 6.07) is 28.1. The average molecular weight is 475 g/mol. The Balaban J connectivity index is 0.000000161. The Bertz CT molecular complexity index is 725. The largest absolute Gasteiger partial charge is 2.00 e. The van der Waals surface area contributed by atoms with E-state index in [1.54, 1.807) is 0 Å². The number of rotatable bonds is 0. The van der Waals surface area contributed by atoms with Crippen LogP contribution in [0, 0.1) is 6.07 Å². The van der Waals surface area contributed by atoms with Crippen molar-refractivity contribution in [3.63, 3.8) is 0 Å². The molecule has 138 valence electrons. The van der Waals surface area contributed by atoms with E-state index in [-0.39, 0.29) is 30.5 Å². The molecule has 2 aliphatic rings. The SMILES string of the molecule is ClC1(Cl)CCCCC1.[Zr+2].[c-]1cccc2c1Cc1ccccc1-2.c1cc[cH-]c1. The first-order valence-corrected chi connectivity index (χ1v) is 10.0. The minimum Gasteiger partial charge on any atom is -0.214 e. The van der Waals surface area contributed by atoms with Crippen molar-refractivity contribution in [2.45, 2.75) is 42.9 Å². The Morgan fingerprint density at radius 3 is 2.07 bits per heavy atom. The summed E-state index contributed by atoms with van der Waals surface area (Å²) >= 11 is 11.7. The molecule has 3 aromatic carbocycles. The van der Waals surface area contributed by atoms with Crippen molar-refractivity contribution in [3.05, 3.63) is 90.0 Å². The van der Waals surface area contributed by atoms with Gasteiger partial charge in [-0.3, -0.25) is 0 Å². The minimum atomic E-state index is -0.377. The molecule has 5 rings (SSSR count). The van der Waals surface area contributed by atoms with Crippen molar-refractivity contribution >= 4 is 23.2 Å². The molecule has 0 aromatic heterocycles. The molecule has 1 fully saturated rings. The summed E-state index contributed by atoms with van der Waals surface area (Å²) in [7, 11) is 0. The summed E-state index contributed by atoms with van der Waals surface area (Å²) in [5.41, 5.74) is 5.51. The van der Waals surface area contributed by atoms with Gasteiger partial charge in [-0.2, -0.15) is 48.0 Å². The average Bonchev–Trinajstić information content (AvgIpc) is 3.33. The normalized spacial score (nSPS) is 15.6. The van der Waals surface area contributed by atoms with Crippen molar-refractivity contribution in [3.8, 4) is 11.1 Å². The van der Waals surface area contributed by atoms with E-state index in [1.807, 2.05) is 36.4 Å². The Morgan fingerprint density at radius 2 is 1.48 bits per heavy atom. The Labute approximate surface area is 192 Å². The van der Waals surface area contributed by atoms with Crippen LogP contribution in [0.1, 0.15) is 43.2 Å². The van der Waals surface area contributed by atoms with Crippen LogP contribution in [0.5, 0.6) is 0 Å². The molecule has 0 bridgehead atoms. The zero-order valence-corrected chi connectivity index (χ0v) is 19.4. The molecule has 0 aliphatic heterocycles. The molecule has 3 aromatic rings. The molecule has 0 unspecified atom stereocenters. The van der Waals surface area contributed by atoms with Crippen LogP contribution in [0.4, 0.5) is 0 Å². The molecule has 2 aliphatic carbocycles. The molecular weight excluding hydrogens is 450 g/mol. The number of hydrogen-bond acceptors (Lipinski definition) is 0. The van der Waals surface area contributed by atoms with Crippen LogP contribution >= 0.6 is 23.2 Å². The molecule has 0 spiro atoms. The second-order valence-corrected chi connectivity index (χ2v) is 8.42. The van der Waals surface area contributed by atoms with Gasteiger partial charge in [0, 0.05) is 0 Å². The van der Waals surface area contributed by atoms with Gasteiger partial charge in [0.1, 0.15) is 4.33 Å². The molecular formula is C24H24Cl2Zr. The van der Waals surface area contributed by atoms with E-state index < -0.39 is 0 Å². The number of fused-ring (bicyclic) bond motifs is 3. The Kier molecular flexibility index (Phi) is 9.44. The monoisotopic (exact) mass is 472 g/mol. The maximum atomic E-state index is 5.84. The topological polar surface area (TPSA) is 0 Å². The maximum absolute atomic E-state index is 5.84. The first-order valence-electron chi connectivity index (χ1n) is 9.28. The Morgan fingerprint density at radius 1 is 0.815 bits per heavy atom. The fraction of sp³-hybridized carbons (Fsp3) is 0.292. The summed E-state index contributed by atoms with van der Waals surface area (Å²) in [5.74, 6) is 0. The van der Waals surface area contributed by atoms with Gasteiger partial charge < -0.3 is 0 Å². The first kappa shape index (κ1) is 22.5. The molecule has 1 saturated carbocycles. The van der Waals surface area contributed by atoms with Gasteiger partial charge >= 0.3 is 26.2 Å². The predicted octanol–water partition coefficient (Wildman–Crippen LogP) is 7.59. The quantitative estimate of drug-likeness (QED) is 0.182. The van der Waals surface area contributed by atoms with Gasteiger partial charge in [-0.05, 0) is 19.3 Å². The Hall–Kier alpha value is -0.747. The smallest absolute Gasteiger partial charge is 0.214 e. The number of halogens is 2. The third-order valence-corrected chi connectivity index (χ3v) is 5.51. The van der Waals surface area contributed by atoms with E-state index in [1.165, 1.54) is 41.5 Å². The summed E-state index contributed by atoms with van der Waals surface area (Å²) in [6.45, 7) is 0. The zero-order chi connectivity index (χ0) is 18.2. The third kappa shape index (κ3) is 6.97. The van der Waals surface area contributed by atoms with Crippen molar-refractivity contribution in [1.29, 1.82) is 0 Å². The fourth-order valence-electron chi connectivity index (χ4n) is 3.39. The van der Waals surface area contributed by atoms with Crippen LogP contribution in [0.25, 0.3) is 11.1 Å². The van der Waals surface area contributed by atoms with Gasteiger partial charge in [0.05, 0.1) is 0 Å². The molecule has 0 amide bonds. The number of benzene rings is 2. The van der Waals surface area contributed by atoms with E-state index >= 15 is 0 Å². The van der Waals surface area contributed by atoms with E-state index in [2.05, 4.69) is 42.5 Å². The van der Waals surface area contributed by atoms with E-state index in [4.69, 9.17) is 23.2 Å². The van der Waals surface area contributed by atoms with Crippen molar-refractivity contribution < 1.29 is 26.2 Å². The first-order chi connectivity index (χ1) is 12.7. The van der Waals surface area contributed by atoms with Gasteiger partial charge in [-0.15, -0.1) is 28.8 Å². The molecule has 0 heterocycles. The molecule has 0 saturated heterocycles. The summed E-state index contributed by atoms with van der Waals surface area (Å²) < 4.78 is -0.377. The van der Waals surface area contributed by atoms with Crippen LogP contribution < -0.4 is 0 Å². The van der Waals surface area contributed by atoms with Crippen LogP contribution in [0.15, 0.2) is 72.8 Å². The number of hydrogen-bond donors (Lipinski definition) is 0. The van der Waals surface area contributed by atoms with Crippen molar-refractivity contribution in [1.82, 2.24) is 0 Å². The molecule has 0 radical (unpaired) electrons. The van der Waals surface area contributed by atoms with E-state index in [0.717, 1.165) is 19.3 Å². The van der Waals surface area contributed by atoms with E-state index in [9.17, 15) is 0 Å². The van der Waals surface area contributed by atoms with Gasteiger partial charge in [-0.25, -0.2) is 12.1 Å². The van der Waals surface area contributed by atoms with Crippen LogP contribution in [0.3, 0.4) is 0 Å². The second-order valence-electron chi connectivity index (χ2n) is 6.78. The summed E-state index contributed by atoms with van der Waals surface area (Å²) in [6.07, 6.45) is 6.72. The minimum absolute atomic E-state index is 0. The second kappa shape index (κ2) is 11.3. The standard InChI is InChI=1S/C13H9.C6H10Cl2.C5H5.Zr/c1-3-7-12-10(5-1)9-11-6-2-4-8-13(11)12;7-6(8)4-2-1-3-5-6;1-2-4-5-3-1;/h1-5,7-8H,9H2;1-5H2;1-5H;/q-1;;-1;+2. The van der Waals surface area contributed by atoms with Gasteiger partial charge in [0.25, 0.3) is 0 Å². The summed E-state index contributed by atoms with van der Waals surface area (Å²) in [5, 5.41) is 0.